The van der Waals surface area contributed by atoms with Crippen molar-refractivity contribution in [3.63, 3.8) is 0 Å². The van der Waals surface area contributed by atoms with E-state index in [2.05, 4.69) is 4.72 Å². The number of hydrogen-bond acceptors (Lipinski definition) is 5. The van der Waals surface area contributed by atoms with E-state index in [4.69, 9.17) is 9.47 Å². The van der Waals surface area contributed by atoms with E-state index in [1.807, 2.05) is 0 Å². The number of ether oxygens (including phenoxy) is 2. The fraction of sp³-hybridized carbons (Fsp3) is 0.278. The van der Waals surface area contributed by atoms with Crippen LogP contribution >= 0.6 is 0 Å². The maximum atomic E-state index is 13.8. The van der Waals surface area contributed by atoms with Gasteiger partial charge in [0.05, 0.1) is 4.90 Å². The van der Waals surface area contributed by atoms with Crippen LogP contribution in [0.3, 0.4) is 0 Å². The van der Waals surface area contributed by atoms with E-state index in [0.717, 1.165) is 0 Å². The van der Waals surface area contributed by atoms with Crippen LogP contribution in [0, 0.1) is 11.7 Å². The van der Waals surface area contributed by atoms with Crippen molar-refractivity contribution >= 4 is 15.9 Å². The Labute approximate surface area is 150 Å². The van der Waals surface area contributed by atoms with E-state index in [0.29, 0.717) is 36.7 Å². The second-order valence-corrected chi connectivity index (χ2v) is 7.93. The summed E-state index contributed by atoms with van der Waals surface area (Å²) in [6, 6.07) is 10.4. The summed E-state index contributed by atoms with van der Waals surface area (Å²) in [6.07, 6.45) is 0.420. The third kappa shape index (κ3) is 3.12. The normalized spacial score (nSPS) is 21.1. The van der Waals surface area contributed by atoms with Gasteiger partial charge in [0.1, 0.15) is 19.0 Å². The van der Waals surface area contributed by atoms with E-state index in [1.165, 1.54) is 24.3 Å². The van der Waals surface area contributed by atoms with Crippen LogP contribution in [0.25, 0.3) is 0 Å². The number of amides is 1. The van der Waals surface area contributed by atoms with Gasteiger partial charge >= 0.3 is 0 Å². The molecular formula is C18H16FNO5S. The first-order chi connectivity index (χ1) is 12.5. The molecule has 4 rings (SSSR count). The highest BCUT2D eigenvalue weighted by Crippen LogP contribution is 2.48. The summed E-state index contributed by atoms with van der Waals surface area (Å²) in [5.74, 6) is -1.09. The molecular weight excluding hydrogens is 361 g/mol. The predicted octanol–water partition coefficient (Wildman–Crippen LogP) is 2.21. The van der Waals surface area contributed by atoms with Crippen LogP contribution < -0.4 is 14.2 Å². The maximum Gasteiger partial charge on any atom is 0.264 e. The average Bonchev–Trinajstić information content (AvgIpc) is 3.42. The highest BCUT2D eigenvalue weighted by molar-refractivity contribution is 7.90. The SMILES string of the molecule is O=C(NS(=O)(=O)c1ccc2c(c1)OCCO2)C1CC1c1ccccc1F. The van der Waals surface area contributed by atoms with Gasteiger partial charge in [-0.05, 0) is 36.1 Å². The van der Waals surface area contributed by atoms with Gasteiger partial charge in [-0.1, -0.05) is 18.2 Å². The summed E-state index contributed by atoms with van der Waals surface area (Å²) in [5.41, 5.74) is 0.435. The number of rotatable bonds is 4. The fourth-order valence-corrected chi connectivity index (χ4v) is 4.11. The highest BCUT2D eigenvalue weighted by Gasteiger charge is 2.46. The number of halogens is 1. The van der Waals surface area contributed by atoms with E-state index >= 15 is 0 Å². The zero-order valence-electron chi connectivity index (χ0n) is 13.6. The van der Waals surface area contributed by atoms with Gasteiger partial charge in [0.2, 0.25) is 5.91 Å². The quantitative estimate of drug-likeness (QED) is 0.883. The van der Waals surface area contributed by atoms with Crippen LogP contribution in [0.2, 0.25) is 0 Å². The minimum atomic E-state index is -4.04. The third-order valence-electron chi connectivity index (χ3n) is 4.49. The molecule has 2 aromatic carbocycles. The van der Waals surface area contributed by atoms with Gasteiger partial charge in [-0.15, -0.1) is 0 Å². The molecule has 2 atom stereocenters. The molecule has 1 N–H and O–H groups in total. The molecule has 0 saturated heterocycles. The second-order valence-electron chi connectivity index (χ2n) is 6.25. The van der Waals surface area contributed by atoms with Crippen LogP contribution in [-0.4, -0.2) is 27.5 Å². The van der Waals surface area contributed by atoms with Gasteiger partial charge in [0.15, 0.2) is 11.5 Å². The number of hydrogen-bond donors (Lipinski definition) is 1. The molecule has 8 heteroatoms. The molecule has 0 radical (unpaired) electrons. The molecule has 26 heavy (non-hydrogen) atoms. The van der Waals surface area contributed by atoms with Gasteiger partial charge < -0.3 is 9.47 Å². The lowest BCUT2D eigenvalue weighted by atomic mass is 10.1. The lowest BCUT2D eigenvalue weighted by molar-refractivity contribution is -0.120. The standard InChI is InChI=1S/C18H16FNO5S/c19-15-4-2-1-3-12(15)13-10-14(13)18(21)20-26(22,23)11-5-6-16-17(9-11)25-8-7-24-16/h1-6,9,13-14H,7-8,10H2,(H,20,21). The van der Waals surface area contributed by atoms with Crippen LogP contribution in [0.15, 0.2) is 47.4 Å². The molecule has 1 aliphatic carbocycles. The molecule has 1 heterocycles. The highest BCUT2D eigenvalue weighted by atomic mass is 32.2. The molecule has 6 nitrogen and oxygen atoms in total. The number of fused-ring (bicyclic) bond motifs is 1. The molecule has 0 bridgehead atoms. The van der Waals surface area contributed by atoms with Crippen molar-refractivity contribution in [2.24, 2.45) is 5.92 Å². The summed E-state index contributed by atoms with van der Waals surface area (Å²) in [5, 5.41) is 0. The Balaban J connectivity index is 1.48. The van der Waals surface area contributed by atoms with E-state index in [1.54, 1.807) is 18.2 Å². The lowest BCUT2D eigenvalue weighted by Crippen LogP contribution is -2.32. The van der Waals surface area contributed by atoms with Crippen molar-refractivity contribution in [2.75, 3.05) is 13.2 Å². The van der Waals surface area contributed by atoms with E-state index < -0.39 is 21.8 Å². The summed E-state index contributed by atoms with van der Waals surface area (Å²) >= 11 is 0. The van der Waals surface area contributed by atoms with Crippen LogP contribution in [0.1, 0.15) is 17.9 Å². The Morgan fingerprint density at radius 3 is 2.58 bits per heavy atom. The van der Waals surface area contributed by atoms with Gasteiger partial charge in [-0.25, -0.2) is 17.5 Å². The number of carbonyl (C=O) groups is 1. The summed E-state index contributed by atoms with van der Waals surface area (Å²) in [7, 11) is -4.04. The van der Waals surface area contributed by atoms with Crippen molar-refractivity contribution in [1.82, 2.24) is 4.72 Å². The molecule has 0 spiro atoms. The lowest BCUT2D eigenvalue weighted by Gasteiger charge is -2.18. The largest absolute Gasteiger partial charge is 0.486 e. The number of sulfonamides is 1. The summed E-state index contributed by atoms with van der Waals surface area (Å²) < 4.78 is 51.5. The third-order valence-corrected chi connectivity index (χ3v) is 5.84. The first-order valence-electron chi connectivity index (χ1n) is 8.16. The second kappa shape index (κ2) is 6.28. The van der Waals surface area contributed by atoms with Crippen molar-refractivity contribution in [2.45, 2.75) is 17.2 Å². The Hall–Kier alpha value is -2.61. The van der Waals surface area contributed by atoms with Gasteiger partial charge in [-0.3, -0.25) is 4.79 Å². The molecule has 1 aliphatic heterocycles. The van der Waals surface area contributed by atoms with Crippen molar-refractivity contribution in [3.05, 3.63) is 53.8 Å². The maximum absolute atomic E-state index is 13.8. The first kappa shape index (κ1) is 16.8. The molecule has 2 unspecified atom stereocenters. The Morgan fingerprint density at radius 2 is 1.81 bits per heavy atom. The zero-order chi connectivity index (χ0) is 18.3. The molecule has 1 saturated carbocycles. The smallest absolute Gasteiger partial charge is 0.264 e. The number of benzene rings is 2. The average molecular weight is 377 g/mol. The van der Waals surface area contributed by atoms with Crippen LogP contribution in [-0.2, 0) is 14.8 Å². The summed E-state index contributed by atoms with van der Waals surface area (Å²) in [4.78, 5) is 12.2. The molecule has 1 amide bonds. The van der Waals surface area contributed by atoms with Crippen molar-refractivity contribution in [3.8, 4) is 11.5 Å². The Kier molecular flexibility index (Phi) is 4.07. The first-order valence-corrected chi connectivity index (χ1v) is 9.65. The van der Waals surface area contributed by atoms with Gasteiger partial charge in [0, 0.05) is 12.0 Å². The summed E-state index contributed by atoms with van der Waals surface area (Å²) in [6.45, 7) is 0.726. The van der Waals surface area contributed by atoms with E-state index in [-0.39, 0.29) is 16.6 Å². The monoisotopic (exact) mass is 377 g/mol. The van der Waals surface area contributed by atoms with Crippen LogP contribution in [0.4, 0.5) is 4.39 Å². The van der Waals surface area contributed by atoms with Gasteiger partial charge in [0.25, 0.3) is 10.0 Å². The molecule has 136 valence electrons. The van der Waals surface area contributed by atoms with Crippen molar-refractivity contribution < 1.29 is 27.1 Å². The topological polar surface area (TPSA) is 81.7 Å². The molecule has 0 aromatic heterocycles. The molecule has 2 aliphatic rings. The minimum Gasteiger partial charge on any atom is -0.486 e. The molecule has 2 aromatic rings. The van der Waals surface area contributed by atoms with E-state index in [9.17, 15) is 17.6 Å². The number of nitrogens with one attached hydrogen (secondary N) is 1. The van der Waals surface area contributed by atoms with Crippen molar-refractivity contribution in [1.29, 1.82) is 0 Å². The number of carbonyl (C=O) groups excluding carboxylic acids is 1. The predicted molar refractivity (Wildman–Crippen MR) is 90.0 cm³/mol. The Morgan fingerprint density at radius 1 is 1.08 bits per heavy atom. The fourth-order valence-electron chi connectivity index (χ4n) is 3.06. The minimum absolute atomic E-state index is 0.0850. The van der Waals surface area contributed by atoms with Gasteiger partial charge in [-0.2, -0.15) is 0 Å². The Bertz CT molecular complexity index is 975. The zero-order valence-corrected chi connectivity index (χ0v) is 14.5. The van der Waals surface area contributed by atoms with Crippen LogP contribution in [0.5, 0.6) is 11.5 Å². The molecule has 1 fully saturated rings.